The number of unbranched alkanes of at least 4 members (excludes halogenated alkanes) is 12. The van der Waals surface area contributed by atoms with Crippen LogP contribution >= 0.6 is 0 Å². The van der Waals surface area contributed by atoms with E-state index in [1.54, 1.807) is 0 Å². The first-order chi connectivity index (χ1) is 10.3. The standard InChI is InChI=1S/C20H35N/c1-2-3-4-5-6-7-8-9-10-11-12-13-14-18-20(21)19-16-15-17-19/h19,21H,2-14,16,18H2,1H3. The predicted molar refractivity (Wildman–Crippen MR) is 93.9 cm³/mol. The average Bonchev–Trinajstić information content (AvgIpc) is 2.42. The van der Waals surface area contributed by atoms with Gasteiger partial charge in [0.1, 0.15) is 0 Å². The molecule has 1 aliphatic carbocycles. The fourth-order valence-corrected chi connectivity index (χ4v) is 2.92. The molecule has 1 atom stereocenters. The third-order valence-corrected chi connectivity index (χ3v) is 4.55. The van der Waals surface area contributed by atoms with Gasteiger partial charge in [0.05, 0.1) is 5.92 Å². The second-order valence-corrected chi connectivity index (χ2v) is 6.60. The van der Waals surface area contributed by atoms with Gasteiger partial charge >= 0.3 is 0 Å². The van der Waals surface area contributed by atoms with Crippen molar-refractivity contribution in [3.8, 4) is 11.8 Å². The monoisotopic (exact) mass is 289 g/mol. The van der Waals surface area contributed by atoms with Gasteiger partial charge in [-0.2, -0.15) is 0 Å². The van der Waals surface area contributed by atoms with Gasteiger partial charge in [-0.3, -0.25) is 0 Å². The van der Waals surface area contributed by atoms with Crippen LogP contribution < -0.4 is 0 Å². The highest BCUT2D eigenvalue weighted by atomic mass is 14.4. The molecule has 0 aromatic heterocycles. The molecule has 1 unspecified atom stereocenters. The maximum Gasteiger partial charge on any atom is 0.0687 e. The zero-order valence-corrected chi connectivity index (χ0v) is 14.2. The van der Waals surface area contributed by atoms with E-state index < -0.39 is 0 Å². The Morgan fingerprint density at radius 2 is 1.24 bits per heavy atom. The largest absolute Gasteiger partial charge is 0.308 e. The molecule has 0 aromatic carbocycles. The molecule has 0 bridgehead atoms. The smallest absolute Gasteiger partial charge is 0.0687 e. The van der Waals surface area contributed by atoms with Gasteiger partial charge in [-0.1, -0.05) is 89.9 Å². The first kappa shape index (κ1) is 18.3. The summed E-state index contributed by atoms with van der Waals surface area (Å²) >= 11 is 0. The summed E-state index contributed by atoms with van der Waals surface area (Å²) in [6, 6.07) is 0. The van der Waals surface area contributed by atoms with Gasteiger partial charge in [-0.05, 0) is 12.8 Å². The maximum atomic E-state index is 7.90. The zero-order valence-electron chi connectivity index (χ0n) is 14.2. The SMILES string of the molecule is CCCCCCCCCCCCCCCC(=N)C1C#CC1. The first-order valence-electron chi connectivity index (χ1n) is 9.40. The zero-order chi connectivity index (χ0) is 15.2. The highest BCUT2D eigenvalue weighted by Crippen LogP contribution is 2.16. The Morgan fingerprint density at radius 3 is 1.62 bits per heavy atom. The van der Waals surface area contributed by atoms with Crippen molar-refractivity contribution in [3.05, 3.63) is 0 Å². The van der Waals surface area contributed by atoms with E-state index in [-0.39, 0.29) is 0 Å². The van der Waals surface area contributed by atoms with Gasteiger partial charge in [0.25, 0.3) is 0 Å². The second-order valence-electron chi connectivity index (χ2n) is 6.60. The minimum absolute atomic E-state index is 0.322. The molecule has 0 saturated carbocycles. The molecule has 0 aliphatic heterocycles. The molecule has 1 rings (SSSR count). The summed E-state index contributed by atoms with van der Waals surface area (Å²) in [6.45, 7) is 2.28. The molecule has 0 fully saturated rings. The summed E-state index contributed by atoms with van der Waals surface area (Å²) < 4.78 is 0. The van der Waals surface area contributed by atoms with Crippen LogP contribution in [0.25, 0.3) is 0 Å². The minimum atomic E-state index is 0.322. The van der Waals surface area contributed by atoms with E-state index in [1.165, 1.54) is 83.5 Å². The van der Waals surface area contributed by atoms with Crippen LogP contribution in [-0.4, -0.2) is 5.71 Å². The van der Waals surface area contributed by atoms with Gasteiger partial charge < -0.3 is 5.41 Å². The molecule has 0 saturated heterocycles. The molecule has 0 amide bonds. The second kappa shape index (κ2) is 12.9. The lowest BCUT2D eigenvalue weighted by Crippen LogP contribution is -2.15. The van der Waals surface area contributed by atoms with E-state index in [4.69, 9.17) is 5.41 Å². The normalized spacial score (nSPS) is 16.1. The van der Waals surface area contributed by atoms with E-state index in [0.717, 1.165) is 18.6 Å². The lowest BCUT2D eigenvalue weighted by molar-refractivity contribution is 0.540. The van der Waals surface area contributed by atoms with Gasteiger partial charge in [0.15, 0.2) is 0 Å². The molecule has 1 nitrogen and oxygen atoms in total. The highest BCUT2D eigenvalue weighted by Gasteiger charge is 2.14. The Labute approximate surface area is 132 Å². The van der Waals surface area contributed by atoms with Crippen molar-refractivity contribution in [1.29, 1.82) is 5.41 Å². The van der Waals surface area contributed by atoms with E-state index in [9.17, 15) is 0 Å². The van der Waals surface area contributed by atoms with Crippen molar-refractivity contribution in [3.63, 3.8) is 0 Å². The van der Waals surface area contributed by atoms with Crippen molar-refractivity contribution in [2.24, 2.45) is 5.92 Å². The predicted octanol–water partition coefficient (Wildman–Crippen LogP) is 6.51. The highest BCUT2D eigenvalue weighted by molar-refractivity contribution is 5.87. The lowest BCUT2D eigenvalue weighted by atomic mass is 9.90. The summed E-state index contributed by atoms with van der Waals surface area (Å²) in [5.74, 6) is 6.39. The summed E-state index contributed by atoms with van der Waals surface area (Å²) in [7, 11) is 0. The Morgan fingerprint density at radius 1 is 0.810 bits per heavy atom. The van der Waals surface area contributed by atoms with E-state index in [1.807, 2.05) is 0 Å². The van der Waals surface area contributed by atoms with Crippen LogP contribution in [0.4, 0.5) is 0 Å². The van der Waals surface area contributed by atoms with Crippen LogP contribution in [0.15, 0.2) is 0 Å². The van der Waals surface area contributed by atoms with Gasteiger partial charge in [0, 0.05) is 12.1 Å². The Bertz CT molecular complexity index is 320. The van der Waals surface area contributed by atoms with Crippen molar-refractivity contribution in [2.45, 2.75) is 103 Å². The fraction of sp³-hybridized carbons (Fsp3) is 0.850. The third kappa shape index (κ3) is 9.72. The van der Waals surface area contributed by atoms with Gasteiger partial charge in [-0.25, -0.2) is 0 Å². The van der Waals surface area contributed by atoms with Crippen LogP contribution in [0.3, 0.4) is 0 Å². The lowest BCUT2D eigenvalue weighted by Gasteiger charge is -2.14. The van der Waals surface area contributed by atoms with E-state index in [0.29, 0.717) is 5.92 Å². The summed E-state index contributed by atoms with van der Waals surface area (Å²) in [5.41, 5.74) is 0.886. The fourth-order valence-electron chi connectivity index (χ4n) is 2.92. The molecule has 1 heteroatoms. The van der Waals surface area contributed by atoms with Crippen molar-refractivity contribution >= 4 is 5.71 Å². The summed E-state index contributed by atoms with van der Waals surface area (Å²) in [6.07, 6.45) is 20.0. The molecule has 1 aliphatic rings. The topological polar surface area (TPSA) is 23.9 Å². The quantitative estimate of drug-likeness (QED) is 0.202. The average molecular weight is 290 g/mol. The van der Waals surface area contributed by atoms with Crippen LogP contribution in [-0.2, 0) is 0 Å². The van der Waals surface area contributed by atoms with Gasteiger partial charge in [0.2, 0.25) is 0 Å². The molecule has 0 radical (unpaired) electrons. The first-order valence-corrected chi connectivity index (χ1v) is 9.40. The third-order valence-electron chi connectivity index (χ3n) is 4.55. The summed E-state index contributed by atoms with van der Waals surface area (Å²) in [5, 5.41) is 7.90. The molecule has 120 valence electrons. The van der Waals surface area contributed by atoms with Crippen molar-refractivity contribution in [2.75, 3.05) is 0 Å². The maximum absolute atomic E-state index is 7.90. The van der Waals surface area contributed by atoms with Crippen molar-refractivity contribution < 1.29 is 0 Å². The van der Waals surface area contributed by atoms with E-state index >= 15 is 0 Å². The Balaban J connectivity index is 1.71. The van der Waals surface area contributed by atoms with Gasteiger partial charge in [-0.15, -0.1) is 5.92 Å². The number of rotatable bonds is 15. The van der Waals surface area contributed by atoms with Crippen LogP contribution in [0.5, 0.6) is 0 Å². The number of hydrogen-bond donors (Lipinski definition) is 1. The molecule has 0 spiro atoms. The molecular formula is C20H35N. The Hall–Kier alpha value is -0.770. The molecule has 1 N–H and O–H groups in total. The van der Waals surface area contributed by atoms with Crippen LogP contribution in [0, 0.1) is 23.2 Å². The summed E-state index contributed by atoms with van der Waals surface area (Å²) in [4.78, 5) is 0. The van der Waals surface area contributed by atoms with Crippen LogP contribution in [0.2, 0.25) is 0 Å². The molecule has 0 aromatic rings. The molecule has 21 heavy (non-hydrogen) atoms. The van der Waals surface area contributed by atoms with Crippen molar-refractivity contribution in [1.82, 2.24) is 0 Å². The van der Waals surface area contributed by atoms with Crippen LogP contribution in [0.1, 0.15) is 103 Å². The Kier molecular flexibility index (Phi) is 11.3. The molecule has 0 heterocycles. The molecular weight excluding hydrogens is 254 g/mol. The number of nitrogens with one attached hydrogen (secondary N) is 1. The number of hydrogen-bond acceptors (Lipinski definition) is 1. The van der Waals surface area contributed by atoms with E-state index in [2.05, 4.69) is 18.8 Å². The minimum Gasteiger partial charge on any atom is -0.308 e.